The van der Waals surface area contributed by atoms with Gasteiger partial charge in [-0.25, -0.2) is 9.59 Å². The number of anilines is 1. The lowest BCUT2D eigenvalue weighted by Crippen LogP contribution is -2.44. The number of carbonyl (C=O) groups excluding carboxylic acids is 1. The number of aliphatic carboxylic acids is 2. The zero-order chi connectivity index (χ0) is 15.1. The van der Waals surface area contributed by atoms with Crippen LogP contribution in [-0.4, -0.2) is 41.3 Å². The van der Waals surface area contributed by atoms with Crippen molar-refractivity contribution >= 4 is 23.7 Å². The van der Waals surface area contributed by atoms with E-state index >= 15 is 0 Å². The average molecular weight is 282 g/mol. The van der Waals surface area contributed by atoms with Crippen LogP contribution < -0.4 is 15.4 Å². The van der Waals surface area contributed by atoms with Crippen LogP contribution in [0.4, 0.5) is 10.5 Å². The summed E-state index contributed by atoms with van der Waals surface area (Å²) in [5, 5.41) is 21.8. The van der Waals surface area contributed by atoms with Gasteiger partial charge in [-0.2, -0.15) is 0 Å². The van der Waals surface area contributed by atoms with Crippen LogP contribution in [0, 0.1) is 0 Å². The molecule has 0 aromatic heterocycles. The normalized spacial score (nSPS) is 11.2. The van der Waals surface area contributed by atoms with Crippen molar-refractivity contribution in [3.8, 4) is 5.75 Å². The lowest BCUT2D eigenvalue weighted by atomic mass is 10.2. The summed E-state index contributed by atoms with van der Waals surface area (Å²) in [5.74, 6) is -2.23. The van der Waals surface area contributed by atoms with Crippen LogP contribution in [0.3, 0.4) is 0 Å². The van der Waals surface area contributed by atoms with E-state index in [0.29, 0.717) is 11.4 Å². The number of rotatable bonds is 6. The van der Waals surface area contributed by atoms with Crippen molar-refractivity contribution in [2.24, 2.45) is 0 Å². The summed E-state index contributed by atoms with van der Waals surface area (Å²) >= 11 is 0. The molecule has 20 heavy (non-hydrogen) atoms. The van der Waals surface area contributed by atoms with Crippen LogP contribution in [0.2, 0.25) is 0 Å². The van der Waals surface area contributed by atoms with Crippen molar-refractivity contribution in [1.82, 2.24) is 5.32 Å². The van der Waals surface area contributed by atoms with Gasteiger partial charge in [-0.05, 0) is 12.1 Å². The van der Waals surface area contributed by atoms with Gasteiger partial charge in [0.1, 0.15) is 11.8 Å². The van der Waals surface area contributed by atoms with Crippen molar-refractivity contribution < 1.29 is 29.3 Å². The Bertz CT molecular complexity index is 516. The fourth-order valence-corrected chi connectivity index (χ4v) is 1.40. The number of hydrogen-bond donors (Lipinski definition) is 4. The zero-order valence-electron chi connectivity index (χ0n) is 10.6. The predicted octanol–water partition coefficient (Wildman–Crippen LogP) is 0.745. The lowest BCUT2D eigenvalue weighted by Gasteiger charge is -2.13. The predicted molar refractivity (Wildman–Crippen MR) is 68.8 cm³/mol. The van der Waals surface area contributed by atoms with Crippen LogP contribution in [0.25, 0.3) is 0 Å². The van der Waals surface area contributed by atoms with E-state index in [2.05, 4.69) is 10.6 Å². The van der Waals surface area contributed by atoms with Crippen LogP contribution in [-0.2, 0) is 9.59 Å². The molecule has 0 aliphatic rings. The maximum Gasteiger partial charge on any atom is 0.326 e. The van der Waals surface area contributed by atoms with Gasteiger partial charge >= 0.3 is 18.0 Å². The number of carbonyl (C=O) groups is 3. The molecule has 0 radical (unpaired) electrons. The Morgan fingerprint density at radius 2 is 2.00 bits per heavy atom. The fourth-order valence-electron chi connectivity index (χ4n) is 1.40. The van der Waals surface area contributed by atoms with Gasteiger partial charge in [0.25, 0.3) is 0 Å². The van der Waals surface area contributed by atoms with E-state index in [0.717, 1.165) is 0 Å². The summed E-state index contributed by atoms with van der Waals surface area (Å²) in [7, 11) is 1.46. The molecule has 0 fully saturated rings. The highest BCUT2D eigenvalue weighted by Gasteiger charge is 2.22. The van der Waals surface area contributed by atoms with Gasteiger partial charge in [-0.15, -0.1) is 0 Å². The van der Waals surface area contributed by atoms with Gasteiger partial charge in [0, 0.05) is 11.8 Å². The van der Waals surface area contributed by atoms with Crippen molar-refractivity contribution in [2.75, 3.05) is 12.4 Å². The van der Waals surface area contributed by atoms with Gasteiger partial charge in [0.2, 0.25) is 0 Å². The number of urea groups is 1. The van der Waals surface area contributed by atoms with Gasteiger partial charge in [0.15, 0.2) is 0 Å². The minimum Gasteiger partial charge on any atom is -0.497 e. The lowest BCUT2D eigenvalue weighted by molar-refractivity contribution is -0.145. The Morgan fingerprint density at radius 3 is 2.55 bits per heavy atom. The summed E-state index contributed by atoms with van der Waals surface area (Å²) in [5.41, 5.74) is 0.390. The third kappa shape index (κ3) is 4.84. The topological polar surface area (TPSA) is 125 Å². The summed E-state index contributed by atoms with van der Waals surface area (Å²) in [6.07, 6.45) is -0.707. The number of carboxylic acids is 2. The molecule has 0 saturated heterocycles. The smallest absolute Gasteiger partial charge is 0.326 e. The molecule has 0 saturated carbocycles. The molecule has 1 aromatic rings. The fraction of sp³-hybridized carbons (Fsp3) is 0.250. The molecule has 0 unspecified atom stereocenters. The van der Waals surface area contributed by atoms with E-state index in [1.807, 2.05) is 0 Å². The van der Waals surface area contributed by atoms with Crippen LogP contribution in [0.15, 0.2) is 24.3 Å². The summed E-state index contributed by atoms with van der Waals surface area (Å²) in [4.78, 5) is 32.9. The maximum absolute atomic E-state index is 11.6. The third-order valence-corrected chi connectivity index (χ3v) is 2.31. The molecular formula is C12H14N2O6. The average Bonchev–Trinajstić information content (AvgIpc) is 2.37. The first-order valence-electron chi connectivity index (χ1n) is 5.58. The largest absolute Gasteiger partial charge is 0.497 e. The van der Waals surface area contributed by atoms with E-state index in [1.54, 1.807) is 18.2 Å². The molecule has 0 heterocycles. The number of carboxylic acid groups (broad SMARTS) is 2. The highest BCUT2D eigenvalue weighted by atomic mass is 16.5. The van der Waals surface area contributed by atoms with E-state index in [-0.39, 0.29) is 0 Å². The Labute approximate surface area is 114 Å². The highest BCUT2D eigenvalue weighted by Crippen LogP contribution is 2.16. The second-order valence-corrected chi connectivity index (χ2v) is 3.82. The Kier molecular flexibility index (Phi) is 5.33. The first kappa shape index (κ1) is 15.3. The number of hydrogen-bond acceptors (Lipinski definition) is 4. The molecule has 4 N–H and O–H groups in total. The van der Waals surface area contributed by atoms with Crippen molar-refractivity contribution in [2.45, 2.75) is 12.5 Å². The molecule has 0 spiro atoms. The molecule has 8 nitrogen and oxygen atoms in total. The number of ether oxygens (including phenoxy) is 1. The molecule has 1 rings (SSSR count). The molecular weight excluding hydrogens is 268 g/mol. The van der Waals surface area contributed by atoms with Gasteiger partial charge < -0.3 is 25.6 Å². The number of benzene rings is 1. The molecule has 1 aromatic carbocycles. The highest BCUT2D eigenvalue weighted by molar-refractivity contribution is 5.93. The minimum atomic E-state index is -1.50. The standard InChI is InChI=1S/C12H14N2O6/c1-20-8-4-2-3-7(5-8)13-12(19)14-9(11(17)18)6-10(15)16/h2-5,9H,6H2,1H3,(H,15,16)(H,17,18)(H2,13,14,19)/t9-/m1/s1. The second-order valence-electron chi connectivity index (χ2n) is 3.82. The summed E-state index contributed by atoms with van der Waals surface area (Å²) < 4.78 is 4.96. The third-order valence-electron chi connectivity index (χ3n) is 2.31. The summed E-state index contributed by atoms with van der Waals surface area (Å²) in [6, 6.07) is 4.11. The first-order chi connectivity index (χ1) is 9.42. The quantitative estimate of drug-likeness (QED) is 0.610. The molecule has 1 atom stereocenters. The first-order valence-corrected chi connectivity index (χ1v) is 5.58. The van der Waals surface area contributed by atoms with Gasteiger partial charge in [0.05, 0.1) is 13.5 Å². The monoisotopic (exact) mass is 282 g/mol. The maximum atomic E-state index is 11.6. The van der Waals surface area contributed by atoms with Crippen molar-refractivity contribution in [3.63, 3.8) is 0 Å². The van der Waals surface area contributed by atoms with Crippen LogP contribution in [0.1, 0.15) is 6.42 Å². The Hall–Kier alpha value is -2.77. The molecule has 0 aliphatic heterocycles. The molecule has 8 heteroatoms. The van der Waals surface area contributed by atoms with Crippen molar-refractivity contribution in [1.29, 1.82) is 0 Å². The number of methoxy groups -OCH3 is 1. The molecule has 0 aliphatic carbocycles. The Balaban J connectivity index is 2.65. The molecule has 0 bridgehead atoms. The van der Waals surface area contributed by atoms with E-state index < -0.39 is 30.4 Å². The van der Waals surface area contributed by atoms with Gasteiger partial charge in [-0.3, -0.25) is 4.79 Å². The Morgan fingerprint density at radius 1 is 1.30 bits per heavy atom. The minimum absolute atomic E-state index is 0.390. The van der Waals surface area contributed by atoms with Crippen LogP contribution >= 0.6 is 0 Å². The zero-order valence-corrected chi connectivity index (χ0v) is 10.6. The number of amides is 2. The molecule has 108 valence electrons. The summed E-state index contributed by atoms with van der Waals surface area (Å²) in [6.45, 7) is 0. The molecule has 2 amide bonds. The van der Waals surface area contributed by atoms with Gasteiger partial charge in [-0.1, -0.05) is 6.07 Å². The second kappa shape index (κ2) is 6.98. The SMILES string of the molecule is COc1cccc(NC(=O)N[C@H](CC(=O)O)C(=O)O)c1. The van der Waals surface area contributed by atoms with E-state index in [1.165, 1.54) is 13.2 Å². The van der Waals surface area contributed by atoms with Crippen LogP contribution in [0.5, 0.6) is 5.75 Å². The van der Waals surface area contributed by atoms with E-state index in [4.69, 9.17) is 14.9 Å². The number of nitrogens with one attached hydrogen (secondary N) is 2. The van der Waals surface area contributed by atoms with E-state index in [9.17, 15) is 14.4 Å². The van der Waals surface area contributed by atoms with Crippen molar-refractivity contribution in [3.05, 3.63) is 24.3 Å².